The number of nitrogens with one attached hydrogen (secondary N) is 1. The van der Waals surface area contributed by atoms with Gasteiger partial charge >= 0.3 is 0 Å². The summed E-state index contributed by atoms with van der Waals surface area (Å²) in [7, 11) is 2.17. The molecule has 5 heteroatoms. The molecule has 1 aliphatic rings. The van der Waals surface area contributed by atoms with Crippen molar-refractivity contribution in [3.05, 3.63) is 17.5 Å². The lowest BCUT2D eigenvalue weighted by molar-refractivity contribution is 0.273. The SMILES string of the molecule is Cc1nc(N2CCN(C)CC2C)ncc1CNC(C)(C)C. The molecule has 2 rings (SSSR count). The quantitative estimate of drug-likeness (QED) is 0.920. The molecule has 1 N–H and O–H groups in total. The van der Waals surface area contributed by atoms with Crippen LogP contribution in [0.15, 0.2) is 6.20 Å². The molecule has 2 heterocycles. The molecule has 0 spiro atoms. The van der Waals surface area contributed by atoms with Gasteiger partial charge in [-0.3, -0.25) is 0 Å². The summed E-state index contributed by atoms with van der Waals surface area (Å²) in [4.78, 5) is 14.0. The lowest BCUT2D eigenvalue weighted by atomic mass is 10.1. The summed E-state index contributed by atoms with van der Waals surface area (Å²) >= 11 is 0. The lowest BCUT2D eigenvalue weighted by Crippen LogP contribution is -2.51. The highest BCUT2D eigenvalue weighted by atomic mass is 15.3. The summed E-state index contributed by atoms with van der Waals surface area (Å²) in [6.45, 7) is 14.8. The first-order chi connectivity index (χ1) is 9.76. The predicted octanol–water partition coefficient (Wildman–Crippen LogP) is 1.81. The van der Waals surface area contributed by atoms with Crippen LogP contribution in [0.5, 0.6) is 0 Å². The largest absolute Gasteiger partial charge is 0.336 e. The Kier molecular flexibility index (Phi) is 4.84. The molecule has 1 saturated heterocycles. The van der Waals surface area contributed by atoms with Crippen molar-refractivity contribution in [2.75, 3.05) is 31.6 Å². The normalized spacial score (nSPS) is 20.9. The zero-order chi connectivity index (χ0) is 15.6. The molecule has 1 unspecified atom stereocenters. The van der Waals surface area contributed by atoms with Crippen molar-refractivity contribution in [2.45, 2.75) is 52.7 Å². The van der Waals surface area contributed by atoms with E-state index in [1.807, 2.05) is 6.20 Å². The number of aromatic nitrogens is 2. The Morgan fingerprint density at radius 2 is 2.05 bits per heavy atom. The molecular formula is C16H29N5. The van der Waals surface area contributed by atoms with Crippen LogP contribution in [0.2, 0.25) is 0 Å². The van der Waals surface area contributed by atoms with Gasteiger partial charge in [-0.15, -0.1) is 0 Å². The number of anilines is 1. The molecular weight excluding hydrogens is 262 g/mol. The Labute approximate surface area is 128 Å². The number of hydrogen-bond acceptors (Lipinski definition) is 5. The Morgan fingerprint density at radius 1 is 1.33 bits per heavy atom. The molecule has 118 valence electrons. The number of nitrogens with zero attached hydrogens (tertiary/aromatic N) is 4. The minimum atomic E-state index is 0.108. The van der Waals surface area contributed by atoms with E-state index >= 15 is 0 Å². The molecule has 0 amide bonds. The minimum Gasteiger partial charge on any atom is -0.336 e. The third-order valence-electron chi connectivity index (χ3n) is 3.96. The van der Waals surface area contributed by atoms with Crippen LogP contribution in [0.25, 0.3) is 0 Å². The van der Waals surface area contributed by atoms with Gasteiger partial charge in [-0.25, -0.2) is 9.97 Å². The third-order valence-corrected chi connectivity index (χ3v) is 3.96. The van der Waals surface area contributed by atoms with Gasteiger partial charge in [0, 0.05) is 55.2 Å². The Morgan fingerprint density at radius 3 is 2.62 bits per heavy atom. The third kappa shape index (κ3) is 4.38. The maximum Gasteiger partial charge on any atom is 0.225 e. The molecule has 0 bridgehead atoms. The first-order valence-corrected chi connectivity index (χ1v) is 7.79. The molecule has 21 heavy (non-hydrogen) atoms. The number of hydrogen-bond donors (Lipinski definition) is 1. The second-order valence-corrected chi connectivity index (χ2v) is 7.19. The maximum absolute atomic E-state index is 4.73. The molecule has 1 aliphatic heterocycles. The van der Waals surface area contributed by atoms with Gasteiger partial charge in [-0.1, -0.05) is 0 Å². The van der Waals surface area contributed by atoms with Crippen molar-refractivity contribution in [3.63, 3.8) is 0 Å². The van der Waals surface area contributed by atoms with Crippen LogP contribution in [-0.4, -0.2) is 53.1 Å². The molecule has 0 aromatic carbocycles. The number of piperazine rings is 1. The Hall–Kier alpha value is -1.20. The zero-order valence-corrected chi connectivity index (χ0v) is 14.3. The second kappa shape index (κ2) is 6.28. The summed E-state index contributed by atoms with van der Waals surface area (Å²) in [6.07, 6.45) is 1.97. The van der Waals surface area contributed by atoms with Crippen LogP contribution >= 0.6 is 0 Å². The lowest BCUT2D eigenvalue weighted by Gasteiger charge is -2.38. The first kappa shape index (κ1) is 16.2. The van der Waals surface area contributed by atoms with E-state index in [1.54, 1.807) is 0 Å². The summed E-state index contributed by atoms with van der Waals surface area (Å²) in [5, 5.41) is 3.49. The smallest absolute Gasteiger partial charge is 0.225 e. The Bertz CT molecular complexity index is 480. The molecule has 1 aromatic heterocycles. The van der Waals surface area contributed by atoms with Gasteiger partial charge in [0.15, 0.2) is 0 Å². The van der Waals surface area contributed by atoms with E-state index in [1.165, 1.54) is 5.56 Å². The molecule has 0 radical (unpaired) electrons. The minimum absolute atomic E-state index is 0.108. The van der Waals surface area contributed by atoms with Crippen LogP contribution in [0.4, 0.5) is 5.95 Å². The average molecular weight is 291 g/mol. The van der Waals surface area contributed by atoms with E-state index in [4.69, 9.17) is 4.98 Å². The second-order valence-electron chi connectivity index (χ2n) is 7.19. The summed E-state index contributed by atoms with van der Waals surface area (Å²) < 4.78 is 0. The highest BCUT2D eigenvalue weighted by molar-refractivity contribution is 5.35. The fourth-order valence-corrected chi connectivity index (χ4v) is 2.59. The molecule has 1 fully saturated rings. The van der Waals surface area contributed by atoms with Crippen molar-refractivity contribution < 1.29 is 0 Å². The van der Waals surface area contributed by atoms with Crippen LogP contribution in [-0.2, 0) is 6.54 Å². The standard InChI is InChI=1S/C16H29N5/c1-12-11-20(6)7-8-21(12)15-17-9-14(13(2)19-15)10-18-16(3,4)5/h9,12,18H,7-8,10-11H2,1-6H3. The van der Waals surface area contributed by atoms with Crippen LogP contribution < -0.4 is 10.2 Å². The van der Waals surface area contributed by atoms with Gasteiger partial charge in [0.05, 0.1) is 0 Å². The molecule has 0 saturated carbocycles. The van der Waals surface area contributed by atoms with Gasteiger partial charge in [0.1, 0.15) is 0 Å². The highest BCUT2D eigenvalue weighted by Gasteiger charge is 2.24. The number of rotatable bonds is 3. The van der Waals surface area contributed by atoms with E-state index < -0.39 is 0 Å². The van der Waals surface area contributed by atoms with E-state index in [0.717, 1.165) is 37.8 Å². The van der Waals surface area contributed by atoms with E-state index in [-0.39, 0.29) is 5.54 Å². The monoisotopic (exact) mass is 291 g/mol. The van der Waals surface area contributed by atoms with E-state index in [9.17, 15) is 0 Å². The van der Waals surface area contributed by atoms with Crippen LogP contribution in [0.3, 0.4) is 0 Å². The fraction of sp³-hybridized carbons (Fsp3) is 0.750. The molecule has 1 atom stereocenters. The van der Waals surface area contributed by atoms with Crippen LogP contribution in [0.1, 0.15) is 39.0 Å². The maximum atomic E-state index is 4.73. The summed E-state index contributed by atoms with van der Waals surface area (Å²) in [6, 6.07) is 0.460. The van der Waals surface area contributed by atoms with Gasteiger partial charge in [0.2, 0.25) is 5.95 Å². The first-order valence-electron chi connectivity index (χ1n) is 7.79. The molecule has 5 nitrogen and oxygen atoms in total. The van der Waals surface area contributed by atoms with Crippen molar-refractivity contribution in [1.82, 2.24) is 20.2 Å². The van der Waals surface area contributed by atoms with E-state index in [2.05, 4.69) is 61.8 Å². The fourth-order valence-electron chi connectivity index (χ4n) is 2.59. The number of aryl methyl sites for hydroxylation is 1. The van der Waals surface area contributed by atoms with E-state index in [0.29, 0.717) is 6.04 Å². The van der Waals surface area contributed by atoms with Gasteiger partial charge in [-0.05, 0) is 41.7 Å². The number of likely N-dealkylation sites (N-methyl/N-ethyl adjacent to an activating group) is 1. The highest BCUT2D eigenvalue weighted by Crippen LogP contribution is 2.17. The van der Waals surface area contributed by atoms with Crippen LogP contribution in [0, 0.1) is 6.92 Å². The average Bonchev–Trinajstić information content (AvgIpc) is 2.36. The van der Waals surface area contributed by atoms with Gasteiger partial charge < -0.3 is 15.1 Å². The van der Waals surface area contributed by atoms with Gasteiger partial charge in [-0.2, -0.15) is 0 Å². The Balaban J connectivity index is 2.08. The molecule has 1 aromatic rings. The van der Waals surface area contributed by atoms with Crippen molar-refractivity contribution in [2.24, 2.45) is 0 Å². The van der Waals surface area contributed by atoms with Gasteiger partial charge in [0.25, 0.3) is 0 Å². The topological polar surface area (TPSA) is 44.3 Å². The predicted molar refractivity (Wildman–Crippen MR) is 87.7 cm³/mol. The summed E-state index contributed by atoms with van der Waals surface area (Å²) in [5.41, 5.74) is 2.36. The molecule has 0 aliphatic carbocycles. The summed E-state index contributed by atoms with van der Waals surface area (Å²) in [5.74, 6) is 0.868. The van der Waals surface area contributed by atoms with Crippen molar-refractivity contribution in [3.8, 4) is 0 Å². The van der Waals surface area contributed by atoms with Crippen molar-refractivity contribution >= 4 is 5.95 Å². The zero-order valence-electron chi connectivity index (χ0n) is 14.3. The van der Waals surface area contributed by atoms with Crippen molar-refractivity contribution in [1.29, 1.82) is 0 Å².